The predicted octanol–water partition coefficient (Wildman–Crippen LogP) is 2.14. The number of anilines is 1. The number of rotatable bonds is 3. The van der Waals surface area contributed by atoms with Gasteiger partial charge in [0, 0.05) is 6.54 Å². The minimum Gasteiger partial charge on any atom is -0.337 e. The van der Waals surface area contributed by atoms with Gasteiger partial charge in [-0.2, -0.15) is 5.26 Å². The van der Waals surface area contributed by atoms with Crippen LogP contribution in [-0.2, 0) is 0 Å². The molecule has 1 aromatic carbocycles. The van der Waals surface area contributed by atoms with E-state index in [4.69, 9.17) is 5.26 Å². The van der Waals surface area contributed by atoms with E-state index in [1.807, 2.05) is 5.32 Å². The van der Waals surface area contributed by atoms with Gasteiger partial charge in [-0.15, -0.1) is 0 Å². The fraction of sp³-hybridized carbons (Fsp3) is 0.200. The molecular formula is C10H8F3N3O. The van der Waals surface area contributed by atoms with Gasteiger partial charge in [0.1, 0.15) is 0 Å². The Labute approximate surface area is 95.0 Å². The summed E-state index contributed by atoms with van der Waals surface area (Å²) >= 11 is 0. The number of nitriles is 1. The molecule has 0 aliphatic carbocycles. The molecule has 1 aromatic rings. The Hall–Kier alpha value is -2.23. The molecule has 1 rings (SSSR count). The Morgan fingerprint density at radius 3 is 2.65 bits per heavy atom. The zero-order valence-electron chi connectivity index (χ0n) is 8.56. The number of nitrogens with zero attached hydrogens (tertiary/aromatic N) is 1. The van der Waals surface area contributed by atoms with Crippen molar-refractivity contribution >= 4 is 11.7 Å². The number of benzene rings is 1. The summed E-state index contributed by atoms with van der Waals surface area (Å²) in [6.45, 7) is 0.0770. The van der Waals surface area contributed by atoms with Gasteiger partial charge in [0.25, 0.3) is 0 Å². The fourth-order valence-electron chi connectivity index (χ4n) is 1.02. The minimum atomic E-state index is -1.65. The van der Waals surface area contributed by atoms with E-state index in [0.29, 0.717) is 6.07 Å². The molecule has 0 saturated carbocycles. The van der Waals surface area contributed by atoms with E-state index in [-0.39, 0.29) is 13.0 Å². The van der Waals surface area contributed by atoms with Crippen molar-refractivity contribution in [3.63, 3.8) is 0 Å². The van der Waals surface area contributed by atoms with Crippen LogP contribution in [0.25, 0.3) is 0 Å². The van der Waals surface area contributed by atoms with E-state index in [0.717, 1.165) is 6.07 Å². The van der Waals surface area contributed by atoms with Gasteiger partial charge in [0.15, 0.2) is 17.5 Å². The van der Waals surface area contributed by atoms with Crippen molar-refractivity contribution < 1.29 is 18.0 Å². The molecule has 7 heteroatoms. The van der Waals surface area contributed by atoms with Gasteiger partial charge in [-0.3, -0.25) is 0 Å². The molecule has 0 aliphatic heterocycles. The molecule has 0 heterocycles. The maximum atomic E-state index is 13.1. The highest BCUT2D eigenvalue weighted by Gasteiger charge is 2.14. The number of carbonyl (C=O) groups excluding carboxylic acids is 1. The van der Waals surface area contributed by atoms with Gasteiger partial charge in [-0.25, -0.2) is 18.0 Å². The summed E-state index contributed by atoms with van der Waals surface area (Å²) in [5, 5.41) is 12.4. The molecule has 0 fully saturated rings. The molecule has 0 atom stereocenters. The monoisotopic (exact) mass is 243 g/mol. The van der Waals surface area contributed by atoms with Gasteiger partial charge in [-0.05, 0) is 12.1 Å². The predicted molar refractivity (Wildman–Crippen MR) is 53.6 cm³/mol. The number of nitrogens with one attached hydrogen (secondary N) is 2. The van der Waals surface area contributed by atoms with Crippen molar-refractivity contribution in [3.05, 3.63) is 29.6 Å². The molecule has 0 saturated heterocycles. The Bertz CT molecular complexity index is 471. The number of hydrogen-bond donors (Lipinski definition) is 2. The highest BCUT2D eigenvalue weighted by atomic mass is 19.2. The van der Waals surface area contributed by atoms with Crippen molar-refractivity contribution in [2.45, 2.75) is 6.42 Å². The van der Waals surface area contributed by atoms with Crippen LogP contribution in [0.15, 0.2) is 12.1 Å². The van der Waals surface area contributed by atoms with E-state index in [2.05, 4.69) is 5.32 Å². The van der Waals surface area contributed by atoms with Gasteiger partial charge < -0.3 is 10.6 Å². The number of carbonyl (C=O) groups is 1. The number of amides is 2. The van der Waals surface area contributed by atoms with Crippen LogP contribution in [0.4, 0.5) is 23.7 Å². The third kappa shape index (κ3) is 3.38. The van der Waals surface area contributed by atoms with Crippen LogP contribution in [0.1, 0.15) is 6.42 Å². The number of urea groups is 1. The lowest BCUT2D eigenvalue weighted by molar-refractivity contribution is 0.252. The first-order valence-corrected chi connectivity index (χ1v) is 4.61. The molecule has 0 aromatic heterocycles. The highest BCUT2D eigenvalue weighted by molar-refractivity contribution is 5.89. The quantitative estimate of drug-likeness (QED) is 0.631. The summed E-state index contributed by atoms with van der Waals surface area (Å²) in [7, 11) is 0. The first-order valence-electron chi connectivity index (χ1n) is 4.61. The maximum Gasteiger partial charge on any atom is 0.319 e. The summed E-state index contributed by atoms with van der Waals surface area (Å²) in [5.41, 5.74) is -0.474. The summed E-state index contributed by atoms with van der Waals surface area (Å²) in [6, 6.07) is 2.59. The number of hydrogen-bond acceptors (Lipinski definition) is 2. The molecule has 0 spiro atoms. The second-order valence-electron chi connectivity index (χ2n) is 3.01. The first-order chi connectivity index (χ1) is 8.06. The molecule has 0 bridgehead atoms. The standard InChI is InChI=1S/C10H8F3N3O/c11-6-2-3-7(9(13)8(6)12)16-10(17)15-5-1-4-14/h2-3H,1,5H2,(H2,15,16,17). The molecule has 2 N–H and O–H groups in total. The lowest BCUT2D eigenvalue weighted by Crippen LogP contribution is -2.29. The smallest absolute Gasteiger partial charge is 0.319 e. The van der Waals surface area contributed by atoms with Crippen molar-refractivity contribution in [3.8, 4) is 6.07 Å². The summed E-state index contributed by atoms with van der Waals surface area (Å²) in [6.07, 6.45) is 0.0910. The lowest BCUT2D eigenvalue weighted by atomic mass is 10.3. The van der Waals surface area contributed by atoms with Crippen molar-refractivity contribution in [1.29, 1.82) is 5.26 Å². The SMILES string of the molecule is N#CCCNC(=O)Nc1ccc(F)c(F)c1F. The van der Waals surface area contributed by atoms with Crippen molar-refractivity contribution in [2.24, 2.45) is 0 Å². The fourth-order valence-corrected chi connectivity index (χ4v) is 1.02. The van der Waals surface area contributed by atoms with Gasteiger partial charge >= 0.3 is 6.03 Å². The van der Waals surface area contributed by atoms with E-state index < -0.39 is 29.2 Å². The second kappa shape index (κ2) is 5.75. The van der Waals surface area contributed by atoms with E-state index in [1.54, 1.807) is 6.07 Å². The summed E-state index contributed by atoms with van der Waals surface area (Å²) < 4.78 is 38.5. The molecule has 90 valence electrons. The Morgan fingerprint density at radius 2 is 2.00 bits per heavy atom. The van der Waals surface area contributed by atoms with Crippen LogP contribution < -0.4 is 10.6 Å². The maximum absolute atomic E-state index is 13.1. The zero-order chi connectivity index (χ0) is 12.8. The zero-order valence-corrected chi connectivity index (χ0v) is 8.56. The molecule has 4 nitrogen and oxygen atoms in total. The van der Waals surface area contributed by atoms with Crippen LogP contribution >= 0.6 is 0 Å². The van der Waals surface area contributed by atoms with Crippen LogP contribution in [-0.4, -0.2) is 12.6 Å². The minimum absolute atomic E-state index is 0.0770. The van der Waals surface area contributed by atoms with Crippen LogP contribution in [0.2, 0.25) is 0 Å². The first kappa shape index (κ1) is 12.8. The Kier molecular flexibility index (Phi) is 4.34. The summed E-state index contributed by atoms with van der Waals surface area (Å²) in [4.78, 5) is 11.1. The van der Waals surface area contributed by atoms with Crippen molar-refractivity contribution in [2.75, 3.05) is 11.9 Å². The third-order valence-corrected chi connectivity index (χ3v) is 1.81. The molecule has 0 aliphatic rings. The molecular weight excluding hydrogens is 235 g/mol. The summed E-state index contributed by atoms with van der Waals surface area (Å²) in [5.74, 6) is -4.46. The van der Waals surface area contributed by atoms with Gasteiger partial charge in [0.05, 0.1) is 18.2 Å². The van der Waals surface area contributed by atoms with E-state index in [1.165, 1.54) is 0 Å². The second-order valence-corrected chi connectivity index (χ2v) is 3.01. The average Bonchev–Trinajstić information content (AvgIpc) is 2.30. The molecule has 2 amide bonds. The third-order valence-electron chi connectivity index (χ3n) is 1.81. The van der Waals surface area contributed by atoms with E-state index >= 15 is 0 Å². The normalized spacial score (nSPS) is 9.53. The Morgan fingerprint density at radius 1 is 1.29 bits per heavy atom. The van der Waals surface area contributed by atoms with E-state index in [9.17, 15) is 18.0 Å². The number of halogens is 3. The van der Waals surface area contributed by atoms with Gasteiger partial charge in [0.2, 0.25) is 0 Å². The largest absolute Gasteiger partial charge is 0.337 e. The van der Waals surface area contributed by atoms with Gasteiger partial charge in [-0.1, -0.05) is 0 Å². The highest BCUT2D eigenvalue weighted by Crippen LogP contribution is 2.19. The lowest BCUT2D eigenvalue weighted by Gasteiger charge is -2.07. The molecule has 0 radical (unpaired) electrons. The topological polar surface area (TPSA) is 64.9 Å². The van der Waals surface area contributed by atoms with Crippen LogP contribution in [0.3, 0.4) is 0 Å². The average molecular weight is 243 g/mol. The molecule has 0 unspecified atom stereocenters. The Balaban J connectivity index is 2.66. The molecule has 17 heavy (non-hydrogen) atoms. The van der Waals surface area contributed by atoms with Crippen molar-refractivity contribution in [1.82, 2.24) is 5.32 Å². The van der Waals surface area contributed by atoms with Crippen LogP contribution in [0.5, 0.6) is 0 Å². The van der Waals surface area contributed by atoms with Crippen LogP contribution in [0, 0.1) is 28.8 Å².